The molecule has 0 amide bonds. The number of benzene rings is 2. The van der Waals surface area contributed by atoms with Crippen LogP contribution in [-0.2, 0) is 23.9 Å². The Morgan fingerprint density at radius 1 is 1.03 bits per heavy atom. The number of carbonyl (C=O) groups is 3. The van der Waals surface area contributed by atoms with Crippen LogP contribution in [-0.4, -0.2) is 84.7 Å². The number of rotatable bonds is 6. The monoisotopic (exact) mass is 546 g/mol. The first-order valence-electron chi connectivity index (χ1n) is 11.7. The molecule has 0 saturated heterocycles. The summed E-state index contributed by atoms with van der Waals surface area (Å²) >= 11 is 0. The minimum atomic E-state index is -2.40. The van der Waals surface area contributed by atoms with Gasteiger partial charge >= 0.3 is 17.9 Å². The molecule has 13 nitrogen and oxygen atoms in total. The van der Waals surface area contributed by atoms with E-state index in [1.807, 2.05) is 0 Å². The first kappa shape index (κ1) is 27.7. The molecule has 0 spiro atoms. The van der Waals surface area contributed by atoms with Gasteiger partial charge in [-0.15, -0.1) is 0 Å². The lowest BCUT2D eigenvalue weighted by Gasteiger charge is -2.39. The third-order valence-corrected chi connectivity index (χ3v) is 6.72. The summed E-state index contributed by atoms with van der Waals surface area (Å²) in [6.45, 7) is 0. The number of phenolic OH excluding ortho intramolecular Hbond substituents is 3. The molecule has 4 rings (SSSR count). The number of methoxy groups -OCH3 is 1. The van der Waals surface area contributed by atoms with Gasteiger partial charge in [-0.3, -0.25) is 4.79 Å². The van der Waals surface area contributed by atoms with E-state index < -0.39 is 72.4 Å². The number of fused-ring (bicyclic) bond motifs is 1. The number of carbonyl (C=O) groups excluding carboxylic acids is 2. The molecule has 0 unspecified atom stereocenters. The highest BCUT2D eigenvalue weighted by atomic mass is 16.6. The summed E-state index contributed by atoms with van der Waals surface area (Å²) in [6, 6.07) is 6.53. The highest BCUT2D eigenvalue weighted by Crippen LogP contribution is 2.51. The van der Waals surface area contributed by atoms with Gasteiger partial charge in [0.25, 0.3) is 0 Å². The molecule has 2 aliphatic rings. The molecule has 0 aromatic heterocycles. The van der Waals surface area contributed by atoms with Gasteiger partial charge < -0.3 is 50.0 Å². The molecule has 1 saturated carbocycles. The molecule has 1 aliphatic carbocycles. The Bertz CT molecular complexity index is 1340. The lowest BCUT2D eigenvalue weighted by atomic mass is 9.79. The standard InChI is InChI=1S/C26H26O13/c1-37-24(33)20-13-6-11(7-16(29)23(13)39-22(20)12-3-4-14(27)15(28)8-12)2-5-19(31)38-18-10-26(36,25(34)35)9-17(30)21(18)32/h2-8,17-18,20-22,27-30,32,36H,9-10H2,1H3,(H,34,35)/b5-2+/t17-,18-,20+,21-,22+,26+/m1/s1. The van der Waals surface area contributed by atoms with Crippen molar-refractivity contribution < 1.29 is 64.3 Å². The molecule has 6 atom stereocenters. The maximum Gasteiger partial charge on any atom is 0.335 e. The molecular formula is C26H26O13. The highest BCUT2D eigenvalue weighted by molar-refractivity contribution is 5.88. The van der Waals surface area contributed by atoms with E-state index in [0.29, 0.717) is 5.56 Å². The fourth-order valence-electron chi connectivity index (χ4n) is 4.72. The van der Waals surface area contributed by atoms with E-state index in [0.717, 1.165) is 13.2 Å². The summed E-state index contributed by atoms with van der Waals surface area (Å²) in [5, 5.41) is 69.5. The Kier molecular flexibility index (Phi) is 7.41. The SMILES string of the molecule is COC(=O)[C@H]1c2cc(/C=C/C(=O)O[C@@H]3C[C@](O)(C(=O)O)C[C@@H](O)[C@H]3O)cc(O)c2O[C@H]1c1ccc(O)c(O)c1. The Hall–Kier alpha value is -4.33. The smallest absolute Gasteiger partial charge is 0.335 e. The van der Waals surface area contributed by atoms with E-state index in [2.05, 4.69) is 0 Å². The van der Waals surface area contributed by atoms with E-state index in [1.54, 1.807) is 0 Å². The van der Waals surface area contributed by atoms with Crippen LogP contribution in [0.15, 0.2) is 36.4 Å². The van der Waals surface area contributed by atoms with Crippen LogP contribution in [0, 0.1) is 0 Å². The first-order chi connectivity index (χ1) is 18.3. The number of carboxylic acids is 1. The molecule has 1 heterocycles. The molecule has 1 fully saturated rings. The normalized spacial score (nSPS) is 27.9. The van der Waals surface area contributed by atoms with Gasteiger partial charge in [0, 0.05) is 24.5 Å². The lowest BCUT2D eigenvalue weighted by molar-refractivity contribution is -0.196. The van der Waals surface area contributed by atoms with Crippen molar-refractivity contribution >= 4 is 24.0 Å². The lowest BCUT2D eigenvalue weighted by Crippen LogP contribution is -2.57. The largest absolute Gasteiger partial charge is 0.504 e. The van der Waals surface area contributed by atoms with Crippen molar-refractivity contribution in [2.24, 2.45) is 0 Å². The van der Waals surface area contributed by atoms with Gasteiger partial charge in [0.2, 0.25) is 0 Å². The Morgan fingerprint density at radius 3 is 2.38 bits per heavy atom. The van der Waals surface area contributed by atoms with Crippen LogP contribution in [0.4, 0.5) is 0 Å². The van der Waals surface area contributed by atoms with Crippen molar-refractivity contribution in [3.05, 3.63) is 53.1 Å². The number of hydrogen-bond acceptors (Lipinski definition) is 12. The number of aromatic hydroxyl groups is 3. The molecule has 2 aromatic carbocycles. The number of carboxylic acid groups (broad SMARTS) is 1. The minimum Gasteiger partial charge on any atom is -0.504 e. The predicted octanol–water partition coefficient (Wildman–Crippen LogP) is 0.450. The topological polar surface area (TPSA) is 221 Å². The van der Waals surface area contributed by atoms with Crippen LogP contribution in [0.1, 0.15) is 41.6 Å². The number of esters is 2. The Labute approximate surface area is 220 Å². The fraction of sp³-hybridized carbons (Fsp3) is 0.346. The van der Waals surface area contributed by atoms with Crippen LogP contribution in [0.5, 0.6) is 23.0 Å². The number of hydrogen-bond donors (Lipinski definition) is 7. The summed E-state index contributed by atoms with van der Waals surface area (Å²) < 4.78 is 15.8. The second kappa shape index (κ2) is 10.4. The maximum absolute atomic E-state index is 12.7. The van der Waals surface area contributed by atoms with Gasteiger partial charge in [0.1, 0.15) is 24.2 Å². The molecule has 2 aromatic rings. The average Bonchev–Trinajstić information content (AvgIpc) is 3.27. The number of ether oxygens (including phenoxy) is 3. The number of phenols is 3. The minimum absolute atomic E-state index is 0.0324. The summed E-state index contributed by atoms with van der Waals surface area (Å²) in [5.41, 5.74) is -1.65. The summed E-state index contributed by atoms with van der Waals surface area (Å²) in [6.07, 6.45) is -4.98. The predicted molar refractivity (Wildman–Crippen MR) is 129 cm³/mol. The molecule has 39 heavy (non-hydrogen) atoms. The average molecular weight is 546 g/mol. The molecule has 208 valence electrons. The molecule has 0 radical (unpaired) electrons. The van der Waals surface area contributed by atoms with Crippen molar-refractivity contribution in [2.45, 2.75) is 48.8 Å². The fourth-order valence-corrected chi connectivity index (χ4v) is 4.72. The van der Waals surface area contributed by atoms with E-state index >= 15 is 0 Å². The van der Waals surface area contributed by atoms with Gasteiger partial charge in [-0.25, -0.2) is 9.59 Å². The van der Waals surface area contributed by atoms with Gasteiger partial charge in [-0.2, -0.15) is 0 Å². The van der Waals surface area contributed by atoms with Crippen molar-refractivity contribution in [1.82, 2.24) is 0 Å². The molecule has 0 bridgehead atoms. The van der Waals surface area contributed by atoms with Crippen molar-refractivity contribution in [1.29, 1.82) is 0 Å². The number of aliphatic carboxylic acids is 1. The summed E-state index contributed by atoms with van der Waals surface area (Å²) in [5.74, 6) is -5.73. The van der Waals surface area contributed by atoms with Crippen LogP contribution < -0.4 is 4.74 Å². The quantitative estimate of drug-likeness (QED) is 0.149. The molecule has 13 heteroatoms. The first-order valence-corrected chi connectivity index (χ1v) is 11.7. The van der Waals surface area contributed by atoms with Crippen LogP contribution >= 0.6 is 0 Å². The van der Waals surface area contributed by atoms with Crippen LogP contribution in [0.25, 0.3) is 6.08 Å². The van der Waals surface area contributed by atoms with E-state index in [9.17, 15) is 50.1 Å². The second-order valence-electron chi connectivity index (χ2n) is 9.36. The third kappa shape index (κ3) is 5.32. The Balaban J connectivity index is 1.57. The molecule has 7 N–H and O–H groups in total. The summed E-state index contributed by atoms with van der Waals surface area (Å²) in [7, 11) is 1.16. The van der Waals surface area contributed by atoms with E-state index in [-0.39, 0.29) is 28.4 Å². The van der Waals surface area contributed by atoms with Gasteiger partial charge in [0.15, 0.2) is 28.6 Å². The van der Waals surface area contributed by atoms with Gasteiger partial charge in [-0.05, 0) is 41.5 Å². The van der Waals surface area contributed by atoms with Crippen molar-refractivity contribution in [2.75, 3.05) is 7.11 Å². The second-order valence-corrected chi connectivity index (χ2v) is 9.36. The van der Waals surface area contributed by atoms with Crippen molar-refractivity contribution in [3.8, 4) is 23.0 Å². The van der Waals surface area contributed by atoms with Crippen LogP contribution in [0.3, 0.4) is 0 Å². The number of aliphatic hydroxyl groups is 3. The maximum atomic E-state index is 12.7. The molecule has 1 aliphatic heterocycles. The van der Waals surface area contributed by atoms with E-state index in [1.165, 1.54) is 36.4 Å². The van der Waals surface area contributed by atoms with Crippen molar-refractivity contribution in [3.63, 3.8) is 0 Å². The van der Waals surface area contributed by atoms with E-state index in [4.69, 9.17) is 14.2 Å². The highest BCUT2D eigenvalue weighted by Gasteiger charge is 2.50. The van der Waals surface area contributed by atoms with Gasteiger partial charge in [-0.1, -0.05) is 6.07 Å². The zero-order valence-electron chi connectivity index (χ0n) is 20.4. The Morgan fingerprint density at radius 2 is 1.74 bits per heavy atom. The zero-order chi connectivity index (χ0) is 28.6. The number of aliphatic hydroxyl groups excluding tert-OH is 2. The summed E-state index contributed by atoms with van der Waals surface area (Å²) in [4.78, 5) is 36.5. The van der Waals surface area contributed by atoms with Crippen LogP contribution in [0.2, 0.25) is 0 Å². The molecular weight excluding hydrogens is 520 g/mol. The zero-order valence-corrected chi connectivity index (χ0v) is 20.4. The third-order valence-electron chi connectivity index (χ3n) is 6.72. The van der Waals surface area contributed by atoms with Gasteiger partial charge in [0.05, 0.1) is 13.2 Å².